The Balaban J connectivity index is 1.69. The Kier molecular flexibility index (Phi) is 2.87. The van der Waals surface area contributed by atoms with Crippen molar-refractivity contribution in [3.63, 3.8) is 0 Å². The molecule has 2 fully saturated rings. The first-order chi connectivity index (χ1) is 8.34. The van der Waals surface area contributed by atoms with Crippen molar-refractivity contribution < 1.29 is 4.79 Å². The molecule has 2 aliphatic carbocycles. The van der Waals surface area contributed by atoms with Crippen molar-refractivity contribution in [2.75, 3.05) is 5.32 Å². The van der Waals surface area contributed by atoms with Gasteiger partial charge in [0.1, 0.15) is 5.82 Å². The highest BCUT2D eigenvalue weighted by molar-refractivity contribution is 5.92. The normalized spacial score (nSPS) is 21.4. The van der Waals surface area contributed by atoms with Crippen LogP contribution in [0.25, 0.3) is 0 Å². The van der Waals surface area contributed by atoms with E-state index in [0.717, 1.165) is 18.7 Å². The zero-order valence-electron chi connectivity index (χ0n) is 10.1. The number of rotatable bonds is 3. The van der Waals surface area contributed by atoms with E-state index >= 15 is 0 Å². The third kappa shape index (κ3) is 2.08. The van der Waals surface area contributed by atoms with Gasteiger partial charge in [0.2, 0.25) is 5.91 Å². The van der Waals surface area contributed by atoms with Gasteiger partial charge in [0.25, 0.3) is 0 Å². The molecule has 1 heterocycles. The van der Waals surface area contributed by atoms with Crippen LogP contribution in [-0.2, 0) is 4.79 Å². The first-order valence-electron chi connectivity index (χ1n) is 6.69. The number of hydrogen-bond acceptors (Lipinski definition) is 2. The van der Waals surface area contributed by atoms with Crippen molar-refractivity contribution in [2.45, 2.75) is 51.0 Å². The highest BCUT2D eigenvalue weighted by Gasteiger charge is 2.27. The summed E-state index contributed by atoms with van der Waals surface area (Å²) in [6, 6.07) is 2.40. The van der Waals surface area contributed by atoms with Crippen LogP contribution in [0.4, 0.5) is 5.82 Å². The number of carbonyl (C=O) groups is 1. The summed E-state index contributed by atoms with van der Waals surface area (Å²) in [7, 11) is 0. The van der Waals surface area contributed by atoms with Gasteiger partial charge in [-0.05, 0) is 25.7 Å². The van der Waals surface area contributed by atoms with Crippen molar-refractivity contribution in [1.82, 2.24) is 9.78 Å². The molecule has 1 amide bonds. The number of nitrogens with one attached hydrogen (secondary N) is 1. The predicted octanol–water partition coefficient (Wildman–Crippen LogP) is 2.74. The third-order valence-electron chi connectivity index (χ3n) is 4.07. The van der Waals surface area contributed by atoms with Crippen LogP contribution < -0.4 is 5.32 Å². The lowest BCUT2D eigenvalue weighted by Gasteiger charge is -2.24. The lowest BCUT2D eigenvalue weighted by atomic mass is 9.85. The highest BCUT2D eigenvalue weighted by Crippen LogP contribution is 2.32. The van der Waals surface area contributed by atoms with Gasteiger partial charge in [0.15, 0.2) is 0 Å². The summed E-state index contributed by atoms with van der Waals surface area (Å²) in [6.45, 7) is 0. The molecule has 0 spiro atoms. The van der Waals surface area contributed by atoms with Gasteiger partial charge in [-0.25, -0.2) is 4.68 Å². The second-order valence-corrected chi connectivity index (χ2v) is 5.22. The molecule has 0 radical (unpaired) electrons. The molecule has 4 nitrogen and oxygen atoms in total. The maximum absolute atomic E-state index is 11.9. The van der Waals surface area contributed by atoms with Crippen molar-refractivity contribution in [3.8, 4) is 0 Å². The number of anilines is 1. The maximum Gasteiger partial charge on any atom is 0.228 e. The largest absolute Gasteiger partial charge is 0.311 e. The van der Waals surface area contributed by atoms with Crippen molar-refractivity contribution in [2.24, 2.45) is 5.92 Å². The molecular formula is C13H19N3O. The Bertz CT molecular complexity index is 403. The fourth-order valence-corrected chi connectivity index (χ4v) is 2.75. The Labute approximate surface area is 101 Å². The van der Waals surface area contributed by atoms with Crippen LogP contribution in [0.3, 0.4) is 0 Å². The molecule has 0 aliphatic heterocycles. The van der Waals surface area contributed by atoms with Gasteiger partial charge in [0, 0.05) is 12.0 Å². The number of amides is 1. The van der Waals surface area contributed by atoms with Crippen molar-refractivity contribution in [3.05, 3.63) is 12.3 Å². The zero-order valence-corrected chi connectivity index (χ0v) is 10.1. The lowest BCUT2D eigenvalue weighted by Crippen LogP contribution is -2.29. The summed E-state index contributed by atoms with van der Waals surface area (Å²) in [5, 5.41) is 7.39. The Morgan fingerprint density at radius 2 is 2.00 bits per heavy atom. The number of nitrogens with zero attached hydrogens (tertiary/aromatic N) is 2. The molecule has 0 unspecified atom stereocenters. The average molecular weight is 233 g/mol. The van der Waals surface area contributed by atoms with E-state index < -0.39 is 0 Å². The summed E-state index contributed by atoms with van der Waals surface area (Å²) >= 11 is 0. The van der Waals surface area contributed by atoms with E-state index in [9.17, 15) is 4.79 Å². The van der Waals surface area contributed by atoms with Gasteiger partial charge in [-0.2, -0.15) is 5.10 Å². The minimum atomic E-state index is 0.177. The first-order valence-corrected chi connectivity index (χ1v) is 6.69. The minimum absolute atomic E-state index is 0.177. The van der Waals surface area contributed by atoms with Crippen LogP contribution in [0.2, 0.25) is 0 Å². The van der Waals surface area contributed by atoms with Crippen molar-refractivity contribution in [1.29, 1.82) is 0 Å². The quantitative estimate of drug-likeness (QED) is 0.872. The molecule has 2 aliphatic rings. The molecule has 0 aromatic carbocycles. The third-order valence-corrected chi connectivity index (χ3v) is 4.07. The van der Waals surface area contributed by atoms with E-state index in [1.165, 1.54) is 32.1 Å². The summed E-state index contributed by atoms with van der Waals surface area (Å²) in [5.41, 5.74) is 0. The standard InChI is InChI=1S/C13H19N3O/c17-13(10-4-3-5-10)15-12-8-9-14-16(12)11-6-1-2-7-11/h8-11H,1-7H2,(H,15,17). The Hall–Kier alpha value is -1.32. The van der Waals surface area contributed by atoms with Gasteiger partial charge in [-0.15, -0.1) is 0 Å². The topological polar surface area (TPSA) is 46.9 Å². The second-order valence-electron chi connectivity index (χ2n) is 5.22. The SMILES string of the molecule is O=C(Nc1ccnn1C1CCCC1)C1CCC1. The van der Waals surface area contributed by atoms with Crippen LogP contribution in [0.1, 0.15) is 51.0 Å². The van der Waals surface area contributed by atoms with Gasteiger partial charge < -0.3 is 5.32 Å². The molecule has 17 heavy (non-hydrogen) atoms. The molecule has 3 rings (SSSR count). The fourth-order valence-electron chi connectivity index (χ4n) is 2.75. The van der Waals surface area contributed by atoms with Crippen molar-refractivity contribution >= 4 is 11.7 Å². The van der Waals surface area contributed by atoms with Gasteiger partial charge in [-0.3, -0.25) is 4.79 Å². The number of carbonyl (C=O) groups excluding carboxylic acids is 1. The van der Waals surface area contributed by atoms with Crippen LogP contribution in [-0.4, -0.2) is 15.7 Å². The molecule has 4 heteroatoms. The van der Waals surface area contributed by atoms with E-state index in [-0.39, 0.29) is 11.8 Å². The Morgan fingerprint density at radius 3 is 2.65 bits per heavy atom. The van der Waals surface area contributed by atoms with Gasteiger partial charge in [-0.1, -0.05) is 19.3 Å². The number of hydrogen-bond donors (Lipinski definition) is 1. The second kappa shape index (κ2) is 4.51. The molecule has 0 bridgehead atoms. The molecular weight excluding hydrogens is 214 g/mol. The fraction of sp³-hybridized carbons (Fsp3) is 0.692. The minimum Gasteiger partial charge on any atom is -0.311 e. The zero-order chi connectivity index (χ0) is 11.7. The summed E-state index contributed by atoms with van der Waals surface area (Å²) < 4.78 is 2.00. The molecule has 2 saturated carbocycles. The lowest BCUT2D eigenvalue weighted by molar-refractivity contribution is -0.122. The summed E-state index contributed by atoms with van der Waals surface area (Å²) in [4.78, 5) is 11.9. The van der Waals surface area contributed by atoms with Crippen LogP contribution in [0, 0.1) is 5.92 Å². The predicted molar refractivity (Wildman–Crippen MR) is 65.7 cm³/mol. The number of aromatic nitrogens is 2. The van der Waals surface area contributed by atoms with E-state index in [0.29, 0.717) is 6.04 Å². The average Bonchev–Trinajstić information content (AvgIpc) is 2.82. The molecule has 0 atom stereocenters. The van der Waals surface area contributed by atoms with E-state index in [1.807, 2.05) is 10.7 Å². The van der Waals surface area contributed by atoms with Crippen LogP contribution in [0.5, 0.6) is 0 Å². The summed E-state index contributed by atoms with van der Waals surface area (Å²) in [5.74, 6) is 1.30. The monoisotopic (exact) mass is 233 g/mol. The first kappa shape index (κ1) is 10.8. The molecule has 0 saturated heterocycles. The molecule has 1 N–H and O–H groups in total. The van der Waals surface area contributed by atoms with E-state index in [4.69, 9.17) is 0 Å². The Morgan fingerprint density at radius 1 is 1.24 bits per heavy atom. The van der Waals surface area contributed by atoms with Crippen LogP contribution >= 0.6 is 0 Å². The summed E-state index contributed by atoms with van der Waals surface area (Å²) in [6.07, 6.45) is 10.0. The molecule has 92 valence electrons. The maximum atomic E-state index is 11.9. The van der Waals surface area contributed by atoms with Gasteiger partial charge in [0.05, 0.1) is 12.2 Å². The van der Waals surface area contributed by atoms with Gasteiger partial charge >= 0.3 is 0 Å². The molecule has 1 aromatic rings. The van der Waals surface area contributed by atoms with E-state index in [1.54, 1.807) is 6.20 Å². The van der Waals surface area contributed by atoms with Crippen LogP contribution in [0.15, 0.2) is 12.3 Å². The highest BCUT2D eigenvalue weighted by atomic mass is 16.2. The smallest absolute Gasteiger partial charge is 0.228 e. The van der Waals surface area contributed by atoms with E-state index in [2.05, 4.69) is 10.4 Å². The molecule has 1 aromatic heterocycles.